The van der Waals surface area contributed by atoms with Gasteiger partial charge in [-0.05, 0) is 25.5 Å². The van der Waals surface area contributed by atoms with E-state index in [1.165, 1.54) is 4.88 Å². The van der Waals surface area contributed by atoms with Gasteiger partial charge >= 0.3 is 6.03 Å². The maximum atomic E-state index is 12.4. The van der Waals surface area contributed by atoms with Gasteiger partial charge in [-0.1, -0.05) is 19.0 Å². The second-order valence-electron chi connectivity index (χ2n) is 5.87. The molecule has 0 aliphatic carbocycles. The van der Waals surface area contributed by atoms with E-state index in [0.717, 1.165) is 4.88 Å². The van der Waals surface area contributed by atoms with Crippen LogP contribution in [0.15, 0.2) is 16.7 Å². The van der Waals surface area contributed by atoms with Crippen LogP contribution in [0, 0.1) is 6.92 Å². The Kier molecular flexibility index (Phi) is 6.74. The number of nitrogens with zero attached hydrogens (tertiary/aromatic N) is 3. The van der Waals surface area contributed by atoms with Crippen molar-refractivity contribution < 1.29 is 14.4 Å². The van der Waals surface area contributed by atoms with Gasteiger partial charge in [0, 0.05) is 28.8 Å². The lowest BCUT2D eigenvalue weighted by Crippen LogP contribution is -2.40. The molecule has 0 saturated heterocycles. The molecule has 0 fully saturated rings. The number of carbonyl (C=O) groups excluding carboxylic acids is 1. The summed E-state index contributed by atoms with van der Waals surface area (Å²) in [6.45, 7) is 7.25. The second-order valence-corrected chi connectivity index (χ2v) is 7.25. The van der Waals surface area contributed by atoms with Crippen LogP contribution in [0.5, 0.6) is 0 Å². The van der Waals surface area contributed by atoms with Crippen molar-refractivity contribution in [1.82, 2.24) is 20.4 Å². The largest absolute Gasteiger partial charge is 0.396 e. The highest BCUT2D eigenvalue weighted by molar-refractivity contribution is 7.11. The van der Waals surface area contributed by atoms with Crippen molar-refractivity contribution in [2.24, 2.45) is 0 Å². The Hall–Kier alpha value is -1.93. The fourth-order valence-electron chi connectivity index (χ4n) is 2.11. The van der Waals surface area contributed by atoms with Crippen LogP contribution in [-0.4, -0.2) is 39.3 Å². The minimum Gasteiger partial charge on any atom is -0.396 e. The molecular weight excluding hydrogens is 328 g/mol. The number of aryl methyl sites for hydroxylation is 1. The summed E-state index contributed by atoms with van der Waals surface area (Å²) in [5, 5.41) is 15.7. The van der Waals surface area contributed by atoms with Gasteiger partial charge in [0.2, 0.25) is 5.89 Å². The quantitative estimate of drug-likeness (QED) is 0.762. The summed E-state index contributed by atoms with van der Waals surface area (Å²) in [6.07, 6.45) is 0.539. The van der Waals surface area contributed by atoms with Gasteiger partial charge in [0.05, 0.1) is 13.1 Å². The van der Waals surface area contributed by atoms with E-state index in [4.69, 9.17) is 9.63 Å². The maximum Gasteiger partial charge on any atom is 0.318 e. The van der Waals surface area contributed by atoms with Crippen molar-refractivity contribution in [1.29, 1.82) is 0 Å². The Morgan fingerprint density at radius 3 is 2.83 bits per heavy atom. The first-order valence-corrected chi connectivity index (χ1v) is 8.82. The Bertz CT molecular complexity index is 653. The number of aromatic nitrogens is 2. The lowest BCUT2D eigenvalue weighted by atomic mass is 10.2. The van der Waals surface area contributed by atoms with E-state index in [0.29, 0.717) is 31.2 Å². The number of nitrogens with one attached hydrogen (secondary N) is 1. The van der Waals surface area contributed by atoms with Gasteiger partial charge in [-0.25, -0.2) is 4.79 Å². The summed E-state index contributed by atoms with van der Waals surface area (Å²) < 4.78 is 5.12. The molecule has 0 aromatic carbocycles. The van der Waals surface area contributed by atoms with Crippen LogP contribution in [0.25, 0.3) is 0 Å². The first kappa shape index (κ1) is 18.4. The predicted octanol–water partition coefficient (Wildman–Crippen LogP) is 2.66. The molecule has 2 amide bonds. The van der Waals surface area contributed by atoms with E-state index in [9.17, 15) is 4.79 Å². The Morgan fingerprint density at radius 2 is 2.25 bits per heavy atom. The molecule has 2 rings (SSSR count). The molecule has 2 N–H and O–H groups in total. The molecule has 0 saturated carbocycles. The second kappa shape index (κ2) is 8.79. The van der Waals surface area contributed by atoms with E-state index in [-0.39, 0.29) is 25.1 Å². The summed E-state index contributed by atoms with van der Waals surface area (Å²) in [4.78, 5) is 20.7. The number of hydrogen-bond donors (Lipinski definition) is 2. The van der Waals surface area contributed by atoms with E-state index < -0.39 is 0 Å². The predicted molar refractivity (Wildman–Crippen MR) is 91.8 cm³/mol. The number of aliphatic hydroxyl groups is 1. The average Bonchev–Trinajstić information content (AvgIpc) is 3.18. The third kappa shape index (κ3) is 5.31. The molecule has 7 nitrogen and oxygen atoms in total. The van der Waals surface area contributed by atoms with E-state index >= 15 is 0 Å². The molecule has 132 valence electrons. The fourth-order valence-corrected chi connectivity index (χ4v) is 3.02. The first-order chi connectivity index (χ1) is 11.5. The molecule has 0 unspecified atom stereocenters. The Labute approximate surface area is 145 Å². The number of amides is 2. The lowest BCUT2D eigenvalue weighted by molar-refractivity contribution is 0.186. The highest BCUT2D eigenvalue weighted by Gasteiger charge is 2.16. The number of carbonyl (C=O) groups is 1. The topological polar surface area (TPSA) is 91.5 Å². The number of aliphatic hydroxyl groups excluding tert-OH is 1. The van der Waals surface area contributed by atoms with Gasteiger partial charge in [-0.2, -0.15) is 4.98 Å². The SMILES string of the molecule is Cc1ccc(CN(CCCO)C(=O)NCc2noc(C(C)C)n2)s1. The molecular formula is C16H24N4O3S. The van der Waals surface area contributed by atoms with Crippen LogP contribution >= 0.6 is 11.3 Å². The summed E-state index contributed by atoms with van der Waals surface area (Å²) in [5.74, 6) is 1.18. The van der Waals surface area contributed by atoms with Crippen molar-refractivity contribution >= 4 is 17.4 Å². The summed E-state index contributed by atoms with van der Waals surface area (Å²) in [6, 6.07) is 3.85. The number of rotatable bonds is 8. The fraction of sp³-hybridized carbons (Fsp3) is 0.562. The summed E-state index contributed by atoms with van der Waals surface area (Å²) >= 11 is 1.66. The molecule has 0 atom stereocenters. The van der Waals surface area contributed by atoms with Gasteiger partial charge in [0.15, 0.2) is 5.82 Å². The van der Waals surface area contributed by atoms with Gasteiger partial charge < -0.3 is 19.8 Å². The van der Waals surface area contributed by atoms with Gasteiger partial charge in [-0.15, -0.1) is 11.3 Å². The van der Waals surface area contributed by atoms with E-state index in [1.54, 1.807) is 16.2 Å². The van der Waals surface area contributed by atoms with Crippen LogP contribution in [0.3, 0.4) is 0 Å². The molecule has 0 aliphatic rings. The zero-order valence-electron chi connectivity index (χ0n) is 14.3. The highest BCUT2D eigenvalue weighted by atomic mass is 32.1. The smallest absolute Gasteiger partial charge is 0.318 e. The number of hydrogen-bond acceptors (Lipinski definition) is 6. The third-order valence-electron chi connectivity index (χ3n) is 3.39. The monoisotopic (exact) mass is 352 g/mol. The molecule has 0 spiro atoms. The van der Waals surface area contributed by atoms with Crippen LogP contribution in [0.1, 0.15) is 47.7 Å². The van der Waals surface area contributed by atoms with Gasteiger partial charge in [0.1, 0.15) is 0 Å². The van der Waals surface area contributed by atoms with Gasteiger partial charge in [0.25, 0.3) is 0 Å². The average molecular weight is 352 g/mol. The van der Waals surface area contributed by atoms with Crippen molar-refractivity contribution in [3.8, 4) is 0 Å². The number of thiophene rings is 1. The normalized spacial score (nSPS) is 11.0. The summed E-state index contributed by atoms with van der Waals surface area (Å²) in [5.41, 5.74) is 0. The zero-order chi connectivity index (χ0) is 17.5. The van der Waals surface area contributed by atoms with E-state index in [2.05, 4.69) is 15.5 Å². The molecule has 8 heteroatoms. The Balaban J connectivity index is 1.93. The lowest BCUT2D eigenvalue weighted by Gasteiger charge is -2.21. The van der Waals surface area contributed by atoms with Crippen molar-refractivity contribution in [3.05, 3.63) is 33.6 Å². The Morgan fingerprint density at radius 1 is 1.46 bits per heavy atom. The third-order valence-corrected chi connectivity index (χ3v) is 4.38. The molecule has 24 heavy (non-hydrogen) atoms. The standard InChI is InChI=1S/C16H24N4O3S/c1-11(2)15-18-14(19-23-15)9-17-16(22)20(7-4-8-21)10-13-6-5-12(3)24-13/h5-6,11,21H,4,7-10H2,1-3H3,(H,17,22). The molecule has 0 bridgehead atoms. The van der Waals surface area contributed by atoms with Crippen LogP contribution in [-0.2, 0) is 13.1 Å². The highest BCUT2D eigenvalue weighted by Crippen LogP contribution is 2.17. The van der Waals surface area contributed by atoms with Gasteiger partial charge in [-0.3, -0.25) is 0 Å². The zero-order valence-corrected chi connectivity index (χ0v) is 15.1. The minimum atomic E-state index is -0.203. The molecule has 2 aromatic heterocycles. The first-order valence-electron chi connectivity index (χ1n) is 8.01. The van der Waals surface area contributed by atoms with Crippen LogP contribution in [0.4, 0.5) is 4.79 Å². The molecule has 2 aromatic rings. The minimum absolute atomic E-state index is 0.0514. The van der Waals surface area contributed by atoms with Crippen molar-refractivity contribution in [2.75, 3.05) is 13.2 Å². The summed E-state index contributed by atoms with van der Waals surface area (Å²) in [7, 11) is 0. The van der Waals surface area contributed by atoms with Crippen molar-refractivity contribution in [3.63, 3.8) is 0 Å². The van der Waals surface area contributed by atoms with Crippen LogP contribution < -0.4 is 5.32 Å². The molecule has 2 heterocycles. The van der Waals surface area contributed by atoms with Crippen LogP contribution in [0.2, 0.25) is 0 Å². The van der Waals surface area contributed by atoms with Crippen molar-refractivity contribution in [2.45, 2.75) is 46.2 Å². The molecule has 0 aliphatic heterocycles. The number of urea groups is 1. The molecule has 0 radical (unpaired) electrons. The maximum absolute atomic E-state index is 12.4. The van der Waals surface area contributed by atoms with E-state index in [1.807, 2.05) is 32.9 Å².